The lowest BCUT2D eigenvalue weighted by atomic mass is 10.1. The lowest BCUT2D eigenvalue weighted by Crippen LogP contribution is -2.15. The van der Waals surface area contributed by atoms with Crippen LogP contribution >= 0.6 is 34.4 Å². The molecule has 2 aromatic heterocycles. The number of anilines is 1. The Labute approximate surface area is 183 Å². The first kappa shape index (κ1) is 21.8. The van der Waals surface area contributed by atoms with E-state index in [0.29, 0.717) is 4.34 Å². The summed E-state index contributed by atoms with van der Waals surface area (Å²) >= 11 is 4.30. The molecule has 1 aromatic carbocycles. The van der Waals surface area contributed by atoms with Gasteiger partial charge in [-0.15, -0.1) is 21.5 Å². The van der Waals surface area contributed by atoms with Crippen LogP contribution in [0.5, 0.6) is 17.2 Å². The number of thioether (sulfide) groups is 1. The minimum Gasteiger partial charge on any atom is -0.493 e. The molecule has 0 fully saturated rings. The number of nitrogens with one attached hydrogen (secondary N) is 1. The van der Waals surface area contributed by atoms with Gasteiger partial charge in [-0.2, -0.15) is 0 Å². The normalized spacial score (nSPS) is 10.5. The van der Waals surface area contributed by atoms with Crippen molar-refractivity contribution in [3.8, 4) is 17.2 Å². The number of rotatable bonds is 9. The monoisotopic (exact) mass is 468 g/mol. The number of nitro groups is 1. The van der Waals surface area contributed by atoms with Crippen molar-refractivity contribution < 1.29 is 23.9 Å². The van der Waals surface area contributed by atoms with Crippen molar-refractivity contribution in [3.05, 3.63) is 44.1 Å². The highest BCUT2D eigenvalue weighted by Crippen LogP contribution is 2.46. The van der Waals surface area contributed by atoms with Gasteiger partial charge in [0.15, 0.2) is 10.1 Å². The largest absolute Gasteiger partial charge is 0.493 e. The Morgan fingerprint density at radius 3 is 2.60 bits per heavy atom. The Bertz CT molecular complexity index is 1050. The van der Waals surface area contributed by atoms with E-state index in [4.69, 9.17) is 14.2 Å². The number of methoxy groups -OCH3 is 3. The number of hydrogen-bond donors (Lipinski definition) is 1. The third-order valence-corrected chi connectivity index (χ3v) is 6.86. The van der Waals surface area contributed by atoms with Gasteiger partial charge in [0, 0.05) is 16.7 Å². The first-order valence-corrected chi connectivity index (χ1v) is 10.9. The molecule has 0 aliphatic rings. The average molecular weight is 469 g/mol. The first-order chi connectivity index (χ1) is 14.5. The summed E-state index contributed by atoms with van der Waals surface area (Å²) in [5.74, 6) is -0.0807. The van der Waals surface area contributed by atoms with Crippen LogP contribution in [-0.4, -0.2) is 42.4 Å². The smallest absolute Gasteiger partial charge is 0.327 e. The highest BCUT2D eigenvalue weighted by molar-refractivity contribution is 8.00. The lowest BCUT2D eigenvalue weighted by Gasteiger charge is -2.14. The third kappa shape index (κ3) is 4.63. The van der Waals surface area contributed by atoms with Crippen LogP contribution in [0.3, 0.4) is 0 Å². The summed E-state index contributed by atoms with van der Waals surface area (Å²) in [6, 6.07) is 5.21. The van der Waals surface area contributed by atoms with Gasteiger partial charge < -0.3 is 14.2 Å². The van der Waals surface area contributed by atoms with Crippen LogP contribution in [0.2, 0.25) is 0 Å². The number of nitro benzene ring substituents is 1. The highest BCUT2D eigenvalue weighted by Gasteiger charge is 2.32. The second-order valence-corrected chi connectivity index (χ2v) is 8.73. The predicted molar refractivity (Wildman–Crippen MR) is 114 cm³/mol. The zero-order valence-corrected chi connectivity index (χ0v) is 18.5. The number of benzene rings is 1. The molecule has 3 rings (SSSR count). The standard InChI is InChI=1S/C17H16N4O6S3/c1-25-11-7-10(12(21(23)24)14(27-3)13(11)26-2)15(22)18-16-19-20-17(30-16)29-8-9-5-4-6-28-9/h4-7H,8H2,1-3H3,(H,18,19,22). The van der Waals surface area contributed by atoms with E-state index in [1.807, 2.05) is 17.5 Å². The third-order valence-electron chi connectivity index (χ3n) is 3.78. The minimum absolute atomic E-state index is 0.0198. The highest BCUT2D eigenvalue weighted by atomic mass is 32.2. The first-order valence-electron chi connectivity index (χ1n) is 8.25. The summed E-state index contributed by atoms with van der Waals surface area (Å²) in [7, 11) is 3.92. The molecule has 0 aliphatic heterocycles. The predicted octanol–water partition coefficient (Wildman–Crippen LogP) is 4.08. The number of carbonyl (C=O) groups is 1. The molecule has 2 heterocycles. The topological polar surface area (TPSA) is 126 Å². The molecular formula is C17H16N4O6S3. The number of nitrogens with zero attached hydrogens (tertiary/aromatic N) is 3. The average Bonchev–Trinajstić information content (AvgIpc) is 3.42. The molecule has 1 N–H and O–H groups in total. The Morgan fingerprint density at radius 1 is 1.23 bits per heavy atom. The van der Waals surface area contributed by atoms with E-state index >= 15 is 0 Å². The maximum absolute atomic E-state index is 12.8. The van der Waals surface area contributed by atoms with Gasteiger partial charge in [0.25, 0.3) is 5.91 Å². The van der Waals surface area contributed by atoms with Crippen molar-refractivity contribution in [2.45, 2.75) is 10.1 Å². The van der Waals surface area contributed by atoms with Crippen LogP contribution < -0.4 is 19.5 Å². The molecule has 0 atom stereocenters. The minimum atomic E-state index is -0.744. The van der Waals surface area contributed by atoms with Crippen LogP contribution in [0.1, 0.15) is 15.2 Å². The lowest BCUT2D eigenvalue weighted by molar-refractivity contribution is -0.386. The Balaban J connectivity index is 1.85. The molecule has 13 heteroatoms. The molecule has 0 spiro atoms. The molecule has 0 aliphatic carbocycles. The number of hydrogen-bond acceptors (Lipinski definition) is 11. The van der Waals surface area contributed by atoms with E-state index < -0.39 is 16.5 Å². The number of amides is 1. The number of ether oxygens (including phenoxy) is 3. The molecule has 1 amide bonds. The zero-order valence-electron chi connectivity index (χ0n) is 16.0. The molecule has 30 heavy (non-hydrogen) atoms. The van der Waals surface area contributed by atoms with Gasteiger partial charge in [-0.25, -0.2) is 0 Å². The van der Waals surface area contributed by atoms with E-state index in [9.17, 15) is 14.9 Å². The van der Waals surface area contributed by atoms with Gasteiger partial charge in [0.1, 0.15) is 5.56 Å². The van der Waals surface area contributed by atoms with Crippen LogP contribution in [0.15, 0.2) is 27.9 Å². The van der Waals surface area contributed by atoms with Crippen molar-refractivity contribution in [3.63, 3.8) is 0 Å². The van der Waals surface area contributed by atoms with Gasteiger partial charge in [0.05, 0.1) is 26.3 Å². The second-order valence-electron chi connectivity index (χ2n) is 5.49. The van der Waals surface area contributed by atoms with Gasteiger partial charge >= 0.3 is 5.69 Å². The number of aromatic nitrogens is 2. The van der Waals surface area contributed by atoms with Gasteiger partial charge in [0.2, 0.25) is 16.6 Å². The van der Waals surface area contributed by atoms with Gasteiger partial charge in [-0.1, -0.05) is 29.2 Å². The molecule has 0 bridgehead atoms. The van der Waals surface area contributed by atoms with Crippen LogP contribution in [0.4, 0.5) is 10.8 Å². The summed E-state index contributed by atoms with van der Waals surface area (Å²) in [5.41, 5.74) is -0.790. The fourth-order valence-electron chi connectivity index (χ4n) is 2.51. The molecule has 10 nitrogen and oxygen atoms in total. The Morgan fingerprint density at radius 2 is 2.00 bits per heavy atom. The van der Waals surface area contributed by atoms with Crippen molar-refractivity contribution in [1.82, 2.24) is 10.2 Å². The summed E-state index contributed by atoms with van der Waals surface area (Å²) in [6.07, 6.45) is 0. The quantitative estimate of drug-likeness (QED) is 0.214. The Hall–Kier alpha value is -2.90. The summed E-state index contributed by atoms with van der Waals surface area (Å²) in [6.45, 7) is 0. The van der Waals surface area contributed by atoms with Crippen molar-refractivity contribution in [1.29, 1.82) is 0 Å². The maximum atomic E-state index is 12.8. The van der Waals surface area contributed by atoms with E-state index in [2.05, 4.69) is 15.5 Å². The van der Waals surface area contributed by atoms with E-state index in [0.717, 1.165) is 5.75 Å². The van der Waals surface area contributed by atoms with E-state index in [-0.39, 0.29) is 27.9 Å². The summed E-state index contributed by atoms with van der Waals surface area (Å²) < 4.78 is 16.1. The SMILES string of the molecule is COc1cc(C(=O)Nc2nnc(SCc3cccs3)s2)c([N+](=O)[O-])c(OC)c1OC. The molecule has 0 saturated carbocycles. The number of carbonyl (C=O) groups excluding carboxylic acids is 1. The van der Waals surface area contributed by atoms with Crippen molar-refractivity contribution >= 4 is 51.2 Å². The van der Waals surface area contributed by atoms with Gasteiger partial charge in [-0.05, 0) is 11.4 Å². The van der Waals surface area contributed by atoms with Gasteiger partial charge in [-0.3, -0.25) is 20.2 Å². The molecule has 0 unspecified atom stereocenters. The molecule has 0 radical (unpaired) electrons. The maximum Gasteiger partial charge on any atom is 0.327 e. The Kier molecular flexibility index (Phi) is 7.07. The fraction of sp³-hybridized carbons (Fsp3) is 0.235. The van der Waals surface area contributed by atoms with Crippen molar-refractivity contribution in [2.75, 3.05) is 26.6 Å². The molecule has 0 saturated heterocycles. The zero-order chi connectivity index (χ0) is 21.7. The number of thiophene rings is 1. The fourth-order valence-corrected chi connectivity index (χ4v) is 5.03. The van der Waals surface area contributed by atoms with E-state index in [1.165, 1.54) is 55.4 Å². The molecule has 3 aromatic rings. The van der Waals surface area contributed by atoms with Crippen molar-refractivity contribution in [2.24, 2.45) is 0 Å². The van der Waals surface area contributed by atoms with Crippen LogP contribution in [0.25, 0.3) is 0 Å². The van der Waals surface area contributed by atoms with Crippen LogP contribution in [-0.2, 0) is 5.75 Å². The summed E-state index contributed by atoms with van der Waals surface area (Å²) in [4.78, 5) is 24.9. The van der Waals surface area contributed by atoms with E-state index in [1.54, 1.807) is 11.3 Å². The molecule has 158 valence electrons. The van der Waals surface area contributed by atoms with Crippen LogP contribution in [0, 0.1) is 10.1 Å². The molecular weight excluding hydrogens is 452 g/mol. The summed E-state index contributed by atoms with van der Waals surface area (Å²) in [5, 5.41) is 24.4. The second kappa shape index (κ2) is 9.73.